The van der Waals surface area contributed by atoms with Gasteiger partial charge in [0.25, 0.3) is 0 Å². The van der Waals surface area contributed by atoms with Gasteiger partial charge in [0, 0.05) is 22.8 Å². The molecular formula is C17H24ClN3. The molecule has 0 aliphatic heterocycles. The molecule has 2 aromatic rings. The molecule has 1 aromatic carbocycles. The third-order valence-electron chi connectivity index (χ3n) is 3.49. The lowest BCUT2D eigenvalue weighted by Gasteiger charge is -2.13. The van der Waals surface area contributed by atoms with Gasteiger partial charge in [-0.1, -0.05) is 44.5 Å². The van der Waals surface area contributed by atoms with Crippen molar-refractivity contribution in [2.24, 2.45) is 0 Å². The van der Waals surface area contributed by atoms with Gasteiger partial charge in [0.2, 0.25) is 0 Å². The second kappa shape index (κ2) is 7.62. The number of hydrogen-bond acceptors (Lipinski definition) is 2. The highest BCUT2D eigenvalue weighted by Gasteiger charge is 2.14. The lowest BCUT2D eigenvalue weighted by atomic mass is 10.1. The summed E-state index contributed by atoms with van der Waals surface area (Å²) >= 11 is 5.94. The lowest BCUT2D eigenvalue weighted by molar-refractivity contribution is 0.605. The number of halogens is 1. The van der Waals surface area contributed by atoms with Crippen LogP contribution in [0.5, 0.6) is 0 Å². The number of aromatic nitrogens is 2. The molecule has 114 valence electrons. The Hall–Kier alpha value is -1.32. The molecule has 1 N–H and O–H groups in total. The maximum absolute atomic E-state index is 5.94. The van der Waals surface area contributed by atoms with Gasteiger partial charge in [-0.25, -0.2) is 0 Å². The molecular weight excluding hydrogens is 282 g/mol. The van der Waals surface area contributed by atoms with Gasteiger partial charge in [0.05, 0.1) is 12.7 Å². The van der Waals surface area contributed by atoms with Crippen LogP contribution in [0.2, 0.25) is 5.02 Å². The summed E-state index contributed by atoms with van der Waals surface area (Å²) in [6.07, 6.45) is 3.14. The van der Waals surface area contributed by atoms with Crippen molar-refractivity contribution in [2.75, 3.05) is 6.54 Å². The van der Waals surface area contributed by atoms with Crippen LogP contribution in [0, 0.1) is 0 Å². The molecule has 21 heavy (non-hydrogen) atoms. The predicted molar refractivity (Wildman–Crippen MR) is 88.9 cm³/mol. The molecule has 0 amide bonds. The number of nitrogens with one attached hydrogen (secondary N) is 1. The van der Waals surface area contributed by atoms with E-state index in [-0.39, 0.29) is 0 Å². The van der Waals surface area contributed by atoms with Crippen molar-refractivity contribution < 1.29 is 0 Å². The van der Waals surface area contributed by atoms with E-state index in [1.165, 1.54) is 16.8 Å². The fraction of sp³-hybridized carbons (Fsp3) is 0.471. The topological polar surface area (TPSA) is 29.9 Å². The van der Waals surface area contributed by atoms with Gasteiger partial charge in [-0.2, -0.15) is 5.10 Å². The largest absolute Gasteiger partial charge is 0.313 e. The van der Waals surface area contributed by atoms with E-state index in [1.807, 2.05) is 18.3 Å². The van der Waals surface area contributed by atoms with E-state index in [0.717, 1.165) is 31.1 Å². The van der Waals surface area contributed by atoms with Gasteiger partial charge in [-0.05, 0) is 36.6 Å². The Morgan fingerprint density at radius 3 is 2.57 bits per heavy atom. The summed E-state index contributed by atoms with van der Waals surface area (Å²) in [5, 5.41) is 8.81. The van der Waals surface area contributed by atoms with Crippen molar-refractivity contribution in [1.82, 2.24) is 15.1 Å². The Balaban J connectivity index is 2.16. The third kappa shape index (κ3) is 4.32. The summed E-state index contributed by atoms with van der Waals surface area (Å²) in [5.74, 6) is 0.457. The molecule has 3 nitrogen and oxygen atoms in total. The van der Waals surface area contributed by atoms with E-state index in [9.17, 15) is 0 Å². The average molecular weight is 306 g/mol. The highest BCUT2D eigenvalue weighted by Crippen LogP contribution is 2.21. The molecule has 0 unspecified atom stereocenters. The Morgan fingerprint density at radius 1 is 1.24 bits per heavy atom. The second-order valence-electron chi connectivity index (χ2n) is 5.67. The Bertz CT molecular complexity index is 558. The van der Waals surface area contributed by atoms with Crippen LogP contribution < -0.4 is 5.32 Å². The highest BCUT2D eigenvalue weighted by molar-refractivity contribution is 6.30. The van der Waals surface area contributed by atoms with Crippen molar-refractivity contribution in [3.8, 4) is 0 Å². The highest BCUT2D eigenvalue weighted by atomic mass is 35.5. The Kier molecular flexibility index (Phi) is 5.83. The van der Waals surface area contributed by atoms with Crippen LogP contribution in [0.1, 0.15) is 49.9 Å². The van der Waals surface area contributed by atoms with E-state index < -0.39 is 0 Å². The molecule has 0 radical (unpaired) electrons. The van der Waals surface area contributed by atoms with E-state index in [4.69, 9.17) is 11.6 Å². The van der Waals surface area contributed by atoms with Crippen molar-refractivity contribution >= 4 is 11.6 Å². The summed E-state index contributed by atoms with van der Waals surface area (Å²) in [6.45, 7) is 9.35. The summed E-state index contributed by atoms with van der Waals surface area (Å²) in [6, 6.07) is 7.98. The first-order valence-corrected chi connectivity index (χ1v) is 7.99. The second-order valence-corrected chi connectivity index (χ2v) is 6.11. The molecule has 0 aliphatic carbocycles. The smallest absolute Gasteiger partial charge is 0.0662 e. The molecule has 0 atom stereocenters. The number of nitrogens with zero attached hydrogens (tertiary/aromatic N) is 2. The van der Waals surface area contributed by atoms with Gasteiger partial charge in [-0.15, -0.1) is 0 Å². The molecule has 0 spiro atoms. The predicted octanol–water partition coefficient (Wildman–Crippen LogP) is 4.21. The van der Waals surface area contributed by atoms with Crippen LogP contribution in [0.4, 0.5) is 0 Å². The van der Waals surface area contributed by atoms with Crippen LogP contribution in [0.25, 0.3) is 0 Å². The minimum absolute atomic E-state index is 0.457. The maximum atomic E-state index is 5.94. The van der Waals surface area contributed by atoms with Crippen molar-refractivity contribution in [3.63, 3.8) is 0 Å². The summed E-state index contributed by atoms with van der Waals surface area (Å²) in [5.41, 5.74) is 3.83. The number of hydrogen-bond donors (Lipinski definition) is 1. The Morgan fingerprint density at radius 2 is 1.95 bits per heavy atom. The fourth-order valence-corrected chi connectivity index (χ4v) is 2.65. The van der Waals surface area contributed by atoms with Crippen LogP contribution in [-0.2, 0) is 13.1 Å². The van der Waals surface area contributed by atoms with E-state index in [1.54, 1.807) is 0 Å². The van der Waals surface area contributed by atoms with Gasteiger partial charge >= 0.3 is 0 Å². The first-order chi connectivity index (χ1) is 10.1. The number of benzene rings is 1. The van der Waals surface area contributed by atoms with Crippen molar-refractivity contribution in [3.05, 3.63) is 52.3 Å². The summed E-state index contributed by atoms with van der Waals surface area (Å²) in [4.78, 5) is 0. The third-order valence-corrected chi connectivity index (χ3v) is 3.75. The summed E-state index contributed by atoms with van der Waals surface area (Å²) in [7, 11) is 0. The van der Waals surface area contributed by atoms with Crippen molar-refractivity contribution in [2.45, 2.75) is 46.2 Å². The maximum Gasteiger partial charge on any atom is 0.0662 e. The molecule has 0 saturated carbocycles. The van der Waals surface area contributed by atoms with Crippen LogP contribution >= 0.6 is 11.6 Å². The van der Waals surface area contributed by atoms with Crippen LogP contribution in [0.3, 0.4) is 0 Å². The minimum Gasteiger partial charge on any atom is -0.313 e. The molecule has 1 aromatic heterocycles. The first-order valence-electron chi connectivity index (χ1n) is 7.61. The van der Waals surface area contributed by atoms with Gasteiger partial charge in [0.15, 0.2) is 0 Å². The monoisotopic (exact) mass is 305 g/mol. The van der Waals surface area contributed by atoms with Crippen LogP contribution in [0.15, 0.2) is 30.5 Å². The van der Waals surface area contributed by atoms with Gasteiger partial charge < -0.3 is 5.32 Å². The zero-order valence-electron chi connectivity index (χ0n) is 13.1. The molecule has 1 heterocycles. The van der Waals surface area contributed by atoms with Crippen LogP contribution in [-0.4, -0.2) is 16.3 Å². The SMILES string of the molecule is CCCNCc1cnn(Cc2ccc(Cl)cc2)c1C(C)C. The minimum atomic E-state index is 0.457. The zero-order chi connectivity index (χ0) is 15.2. The molecule has 0 saturated heterocycles. The normalized spacial score (nSPS) is 11.3. The summed E-state index contributed by atoms with van der Waals surface area (Å²) < 4.78 is 2.11. The molecule has 0 bridgehead atoms. The lowest BCUT2D eigenvalue weighted by Crippen LogP contribution is -2.16. The molecule has 2 rings (SSSR count). The van der Waals surface area contributed by atoms with E-state index in [0.29, 0.717) is 5.92 Å². The molecule has 4 heteroatoms. The average Bonchev–Trinajstić information content (AvgIpc) is 2.85. The fourth-order valence-electron chi connectivity index (χ4n) is 2.53. The molecule has 0 fully saturated rings. The van der Waals surface area contributed by atoms with Gasteiger partial charge in [-0.3, -0.25) is 4.68 Å². The van der Waals surface area contributed by atoms with Gasteiger partial charge in [0.1, 0.15) is 0 Å². The standard InChI is InChI=1S/C17H24ClN3/c1-4-9-19-10-15-11-20-21(17(15)13(2)3)12-14-5-7-16(18)8-6-14/h5-8,11,13,19H,4,9-10,12H2,1-3H3. The van der Waals surface area contributed by atoms with E-state index in [2.05, 4.69) is 48.0 Å². The quantitative estimate of drug-likeness (QED) is 0.777. The Labute approximate surface area is 132 Å². The first kappa shape index (κ1) is 16.1. The zero-order valence-corrected chi connectivity index (χ0v) is 13.8. The van der Waals surface area contributed by atoms with Crippen molar-refractivity contribution in [1.29, 1.82) is 0 Å². The number of rotatable bonds is 7. The van der Waals surface area contributed by atoms with E-state index >= 15 is 0 Å². The molecule has 0 aliphatic rings.